The van der Waals surface area contributed by atoms with Crippen molar-refractivity contribution in [1.82, 2.24) is 4.90 Å². The first-order valence-corrected chi connectivity index (χ1v) is 8.74. The molecule has 132 valence electrons. The molecule has 0 unspecified atom stereocenters. The van der Waals surface area contributed by atoms with Crippen LogP contribution in [0.25, 0.3) is 0 Å². The summed E-state index contributed by atoms with van der Waals surface area (Å²) in [5.74, 6) is -0.206. The van der Waals surface area contributed by atoms with E-state index in [2.05, 4.69) is 0 Å². The molecule has 5 nitrogen and oxygen atoms in total. The number of rotatable bonds is 6. The molecular weight excluding hydrogens is 304 g/mol. The Labute approximate surface area is 144 Å². The molecule has 0 bridgehead atoms. The van der Waals surface area contributed by atoms with Crippen molar-refractivity contribution in [2.45, 2.75) is 65.0 Å². The third-order valence-electron chi connectivity index (χ3n) is 4.57. The van der Waals surface area contributed by atoms with Crippen molar-refractivity contribution in [1.29, 1.82) is 0 Å². The average molecular weight is 332 g/mol. The van der Waals surface area contributed by atoms with Crippen LogP contribution in [0.1, 0.15) is 61.9 Å². The van der Waals surface area contributed by atoms with Crippen LogP contribution in [0, 0.1) is 6.92 Å². The van der Waals surface area contributed by atoms with Gasteiger partial charge in [-0.3, -0.25) is 9.59 Å². The Balaban J connectivity index is 2.08. The second-order valence-electron chi connectivity index (χ2n) is 6.84. The van der Waals surface area contributed by atoms with Crippen LogP contribution in [0.4, 0.5) is 0 Å². The van der Waals surface area contributed by atoms with E-state index in [1.54, 1.807) is 18.2 Å². The summed E-state index contributed by atoms with van der Waals surface area (Å²) >= 11 is 0. The number of carbonyl (C=O) groups is 2. The van der Waals surface area contributed by atoms with Gasteiger partial charge in [0.05, 0.1) is 5.56 Å². The van der Waals surface area contributed by atoms with E-state index in [1.165, 1.54) is 19.3 Å². The fourth-order valence-corrected chi connectivity index (χ4v) is 3.44. The van der Waals surface area contributed by atoms with Crippen LogP contribution >= 0.6 is 0 Å². The predicted octanol–water partition coefficient (Wildman–Crippen LogP) is 3.04. The number of nitrogens with zero attached hydrogens (tertiary/aromatic N) is 1. The van der Waals surface area contributed by atoms with E-state index < -0.39 is 5.91 Å². The zero-order chi connectivity index (χ0) is 17.7. The number of benzene rings is 1. The summed E-state index contributed by atoms with van der Waals surface area (Å²) in [6.45, 7) is 5.91. The lowest BCUT2D eigenvalue weighted by atomic mass is 9.93. The normalized spacial score (nSPS) is 15.3. The van der Waals surface area contributed by atoms with E-state index in [4.69, 9.17) is 10.5 Å². The monoisotopic (exact) mass is 332 g/mol. The molecule has 5 heteroatoms. The van der Waals surface area contributed by atoms with Gasteiger partial charge in [-0.15, -0.1) is 0 Å². The van der Waals surface area contributed by atoms with Crippen molar-refractivity contribution in [2.24, 2.45) is 5.73 Å². The molecular formula is C19H28N2O3. The molecule has 0 spiro atoms. The van der Waals surface area contributed by atoms with E-state index in [-0.39, 0.29) is 18.6 Å². The molecule has 0 aliphatic heterocycles. The van der Waals surface area contributed by atoms with Crippen molar-refractivity contribution < 1.29 is 14.3 Å². The summed E-state index contributed by atoms with van der Waals surface area (Å²) in [7, 11) is 0. The quantitative estimate of drug-likeness (QED) is 0.870. The zero-order valence-electron chi connectivity index (χ0n) is 14.9. The molecule has 2 N–H and O–H groups in total. The van der Waals surface area contributed by atoms with Gasteiger partial charge in [-0.25, -0.2) is 0 Å². The van der Waals surface area contributed by atoms with Crippen LogP contribution in [0.15, 0.2) is 18.2 Å². The Hall–Kier alpha value is -2.04. The maximum Gasteiger partial charge on any atom is 0.260 e. The Kier molecular flexibility index (Phi) is 6.23. The maximum atomic E-state index is 12.7. The summed E-state index contributed by atoms with van der Waals surface area (Å²) in [5.41, 5.74) is 6.64. The molecule has 2 rings (SSSR count). The van der Waals surface area contributed by atoms with Gasteiger partial charge >= 0.3 is 0 Å². The highest BCUT2D eigenvalue weighted by molar-refractivity contribution is 5.95. The van der Waals surface area contributed by atoms with Gasteiger partial charge in [0.25, 0.3) is 11.8 Å². The number of hydrogen-bond acceptors (Lipinski definition) is 3. The Morgan fingerprint density at radius 3 is 2.50 bits per heavy atom. The maximum absolute atomic E-state index is 12.7. The van der Waals surface area contributed by atoms with Crippen LogP contribution in [0.5, 0.6) is 5.75 Å². The van der Waals surface area contributed by atoms with Gasteiger partial charge in [0.1, 0.15) is 5.75 Å². The van der Waals surface area contributed by atoms with Gasteiger partial charge in [-0.2, -0.15) is 0 Å². The van der Waals surface area contributed by atoms with E-state index in [0.29, 0.717) is 17.4 Å². The summed E-state index contributed by atoms with van der Waals surface area (Å²) in [6, 6.07) is 5.62. The van der Waals surface area contributed by atoms with E-state index in [1.807, 2.05) is 25.7 Å². The van der Waals surface area contributed by atoms with Crippen molar-refractivity contribution >= 4 is 11.8 Å². The van der Waals surface area contributed by atoms with Gasteiger partial charge in [-0.1, -0.05) is 25.3 Å². The van der Waals surface area contributed by atoms with Crippen LogP contribution in [-0.2, 0) is 4.79 Å². The lowest BCUT2D eigenvalue weighted by molar-refractivity contribution is -0.138. The summed E-state index contributed by atoms with van der Waals surface area (Å²) in [6.07, 6.45) is 5.71. The van der Waals surface area contributed by atoms with Gasteiger partial charge in [0, 0.05) is 12.1 Å². The first-order chi connectivity index (χ1) is 11.4. The zero-order valence-corrected chi connectivity index (χ0v) is 14.9. The van der Waals surface area contributed by atoms with Crippen molar-refractivity contribution in [3.8, 4) is 5.75 Å². The van der Waals surface area contributed by atoms with Crippen LogP contribution in [0.3, 0.4) is 0 Å². The van der Waals surface area contributed by atoms with Crippen molar-refractivity contribution in [2.75, 3.05) is 6.61 Å². The summed E-state index contributed by atoms with van der Waals surface area (Å²) < 4.78 is 5.67. The standard InChI is InChI=1S/C19H28N2O3/c1-13(2)21(15-7-5-4-6-8-15)18(22)12-24-17-11-14(3)9-10-16(17)19(20)23/h9-11,13,15H,4-8,12H2,1-3H3,(H2,20,23). The Bertz CT molecular complexity index is 592. The lowest BCUT2D eigenvalue weighted by Gasteiger charge is -2.37. The molecule has 1 fully saturated rings. The number of hydrogen-bond donors (Lipinski definition) is 1. The van der Waals surface area contributed by atoms with E-state index in [9.17, 15) is 9.59 Å². The molecule has 1 saturated carbocycles. The van der Waals surface area contributed by atoms with Gasteiger partial charge < -0.3 is 15.4 Å². The predicted molar refractivity (Wildman–Crippen MR) is 94.0 cm³/mol. The minimum atomic E-state index is -0.551. The molecule has 1 aromatic rings. The topological polar surface area (TPSA) is 72.6 Å². The average Bonchev–Trinajstić information content (AvgIpc) is 2.53. The number of primary amides is 1. The summed E-state index contributed by atoms with van der Waals surface area (Å²) in [4.78, 5) is 26.2. The highest BCUT2D eigenvalue weighted by atomic mass is 16.5. The lowest BCUT2D eigenvalue weighted by Crippen LogP contribution is -2.47. The highest BCUT2D eigenvalue weighted by Crippen LogP contribution is 2.25. The minimum Gasteiger partial charge on any atom is -0.483 e. The molecule has 1 aliphatic rings. The molecule has 0 radical (unpaired) electrons. The molecule has 1 aliphatic carbocycles. The smallest absolute Gasteiger partial charge is 0.260 e. The molecule has 0 saturated heterocycles. The van der Waals surface area contributed by atoms with Crippen molar-refractivity contribution in [3.05, 3.63) is 29.3 Å². The molecule has 0 atom stereocenters. The minimum absolute atomic E-state index is 0.0335. The molecule has 0 heterocycles. The van der Waals surface area contributed by atoms with Crippen molar-refractivity contribution in [3.63, 3.8) is 0 Å². The number of amides is 2. The first kappa shape index (κ1) is 18.3. The van der Waals surface area contributed by atoms with Crippen LogP contribution in [0.2, 0.25) is 0 Å². The second-order valence-corrected chi connectivity index (χ2v) is 6.84. The molecule has 24 heavy (non-hydrogen) atoms. The third kappa shape index (κ3) is 4.49. The van der Waals surface area contributed by atoms with Gasteiger partial charge in [-0.05, 0) is 51.3 Å². The fraction of sp³-hybridized carbons (Fsp3) is 0.579. The molecule has 0 aromatic heterocycles. The number of carbonyl (C=O) groups excluding carboxylic acids is 2. The van der Waals surface area contributed by atoms with Gasteiger partial charge in [0.15, 0.2) is 6.61 Å². The third-order valence-corrected chi connectivity index (χ3v) is 4.57. The molecule has 1 aromatic carbocycles. The molecule has 2 amide bonds. The number of nitrogens with two attached hydrogens (primary N) is 1. The van der Waals surface area contributed by atoms with Crippen LogP contribution in [-0.4, -0.2) is 35.4 Å². The second kappa shape index (κ2) is 8.18. The van der Waals surface area contributed by atoms with E-state index in [0.717, 1.165) is 18.4 Å². The fourth-order valence-electron chi connectivity index (χ4n) is 3.44. The largest absolute Gasteiger partial charge is 0.483 e. The highest BCUT2D eigenvalue weighted by Gasteiger charge is 2.28. The first-order valence-electron chi connectivity index (χ1n) is 8.74. The Morgan fingerprint density at radius 2 is 1.92 bits per heavy atom. The van der Waals surface area contributed by atoms with Crippen LogP contribution < -0.4 is 10.5 Å². The Morgan fingerprint density at radius 1 is 1.25 bits per heavy atom. The SMILES string of the molecule is Cc1ccc(C(N)=O)c(OCC(=O)N(C(C)C)C2CCCCC2)c1. The number of ether oxygens (including phenoxy) is 1. The summed E-state index contributed by atoms with van der Waals surface area (Å²) in [5, 5.41) is 0. The number of aryl methyl sites for hydroxylation is 1. The van der Waals surface area contributed by atoms with Gasteiger partial charge in [0.2, 0.25) is 0 Å². The van der Waals surface area contributed by atoms with E-state index >= 15 is 0 Å².